The van der Waals surface area contributed by atoms with Gasteiger partial charge < -0.3 is 14.6 Å². The lowest BCUT2D eigenvalue weighted by Crippen LogP contribution is -2.11. The second-order valence-electron chi connectivity index (χ2n) is 6.13. The molecule has 0 aliphatic carbocycles. The Kier molecular flexibility index (Phi) is 6.37. The average molecular weight is 389 g/mol. The highest BCUT2D eigenvalue weighted by atomic mass is 16.6. The van der Waals surface area contributed by atoms with Crippen molar-refractivity contribution in [1.29, 1.82) is 0 Å². The molecule has 0 aromatic heterocycles. The number of benzene rings is 3. The smallest absolute Gasteiger partial charge is 0.337 e. The molecule has 29 heavy (non-hydrogen) atoms. The number of hydrogen-bond donors (Lipinski definition) is 1. The Morgan fingerprint density at radius 2 is 1.69 bits per heavy atom. The minimum atomic E-state index is -1.05. The number of carboxylic acids is 1. The van der Waals surface area contributed by atoms with E-state index in [4.69, 9.17) is 9.47 Å². The van der Waals surface area contributed by atoms with Gasteiger partial charge in [0.2, 0.25) is 0 Å². The van der Waals surface area contributed by atoms with E-state index in [-0.39, 0.29) is 12.0 Å². The van der Waals surface area contributed by atoms with Crippen molar-refractivity contribution in [3.05, 3.63) is 89.5 Å². The van der Waals surface area contributed by atoms with E-state index in [1.54, 1.807) is 36.4 Å². The highest BCUT2D eigenvalue weighted by Gasteiger charge is 2.12. The van der Waals surface area contributed by atoms with Crippen molar-refractivity contribution in [2.75, 3.05) is 7.11 Å². The summed E-state index contributed by atoms with van der Waals surface area (Å²) in [4.78, 5) is 27.7. The predicted octanol–water partition coefficient (Wildman–Crippen LogP) is 4.29. The van der Waals surface area contributed by atoms with Gasteiger partial charge >= 0.3 is 11.9 Å². The largest absolute Gasteiger partial charge is 0.493 e. The topological polar surface area (TPSA) is 85.2 Å². The predicted molar refractivity (Wildman–Crippen MR) is 109 cm³/mol. The molecule has 3 aromatic rings. The van der Waals surface area contributed by atoms with Crippen LogP contribution in [0.5, 0.6) is 11.5 Å². The van der Waals surface area contributed by atoms with Crippen molar-refractivity contribution in [1.82, 2.24) is 0 Å². The van der Waals surface area contributed by atoms with Crippen LogP contribution in [-0.4, -0.2) is 30.4 Å². The molecular formula is C23H19NO5. The molecule has 0 atom stereocenters. The maximum Gasteiger partial charge on any atom is 0.337 e. The van der Waals surface area contributed by atoms with Crippen molar-refractivity contribution in [3.8, 4) is 11.5 Å². The van der Waals surface area contributed by atoms with E-state index in [2.05, 4.69) is 4.99 Å². The second-order valence-corrected chi connectivity index (χ2v) is 6.13. The van der Waals surface area contributed by atoms with E-state index in [9.17, 15) is 14.7 Å². The van der Waals surface area contributed by atoms with E-state index >= 15 is 0 Å². The number of rotatable bonds is 7. The van der Waals surface area contributed by atoms with Gasteiger partial charge in [0, 0.05) is 6.21 Å². The lowest BCUT2D eigenvalue weighted by Gasteiger charge is -2.10. The quantitative estimate of drug-likeness (QED) is 0.370. The maximum atomic E-state index is 12.2. The summed E-state index contributed by atoms with van der Waals surface area (Å²) in [5.41, 5.74) is 1.99. The van der Waals surface area contributed by atoms with Gasteiger partial charge in [-0.25, -0.2) is 4.79 Å². The number of carbonyl (C=O) groups excluding carboxylic acids is 1. The third-order valence-corrected chi connectivity index (χ3v) is 4.09. The van der Waals surface area contributed by atoms with Gasteiger partial charge in [-0.15, -0.1) is 0 Å². The standard InChI is InChI=1S/C23H19NO5/c1-28-21-13-17(15-24-19-10-6-5-9-18(19)23(26)27)11-12-20(21)29-22(25)14-16-7-3-2-4-8-16/h2-13,15H,14H2,1H3,(H,26,27). The first-order valence-electron chi connectivity index (χ1n) is 8.86. The molecule has 0 radical (unpaired) electrons. The van der Waals surface area contributed by atoms with E-state index in [1.165, 1.54) is 19.4 Å². The minimum Gasteiger partial charge on any atom is -0.493 e. The van der Waals surface area contributed by atoms with Crippen molar-refractivity contribution < 1.29 is 24.2 Å². The van der Waals surface area contributed by atoms with Gasteiger partial charge in [0.25, 0.3) is 0 Å². The van der Waals surface area contributed by atoms with Gasteiger partial charge in [0.05, 0.1) is 24.8 Å². The summed E-state index contributed by atoms with van der Waals surface area (Å²) in [6.07, 6.45) is 1.68. The Balaban J connectivity index is 1.75. The SMILES string of the molecule is COc1cc(C=Nc2ccccc2C(=O)O)ccc1OC(=O)Cc1ccccc1. The Hall–Kier alpha value is -3.93. The van der Waals surface area contributed by atoms with Crippen LogP contribution >= 0.6 is 0 Å². The summed E-state index contributed by atoms with van der Waals surface area (Å²) < 4.78 is 10.7. The second kappa shape index (κ2) is 9.32. The molecule has 0 fully saturated rings. The fourth-order valence-corrected chi connectivity index (χ4v) is 2.68. The van der Waals surface area contributed by atoms with Gasteiger partial charge in [-0.3, -0.25) is 9.79 Å². The van der Waals surface area contributed by atoms with Gasteiger partial charge in [0.15, 0.2) is 11.5 Å². The van der Waals surface area contributed by atoms with E-state index < -0.39 is 11.9 Å². The van der Waals surface area contributed by atoms with Crippen LogP contribution in [0.2, 0.25) is 0 Å². The third kappa shape index (κ3) is 5.29. The van der Waals surface area contributed by atoms with E-state index in [0.29, 0.717) is 22.7 Å². The van der Waals surface area contributed by atoms with Crippen LogP contribution in [0.25, 0.3) is 0 Å². The first-order chi connectivity index (χ1) is 14.1. The Labute approximate surface area is 168 Å². The molecule has 6 nitrogen and oxygen atoms in total. The van der Waals surface area contributed by atoms with E-state index in [0.717, 1.165) is 5.56 Å². The van der Waals surface area contributed by atoms with Crippen LogP contribution in [0.3, 0.4) is 0 Å². The van der Waals surface area contributed by atoms with Crippen LogP contribution in [0.15, 0.2) is 77.8 Å². The van der Waals surface area contributed by atoms with Gasteiger partial charge in [-0.2, -0.15) is 0 Å². The fraction of sp³-hybridized carbons (Fsp3) is 0.0870. The molecule has 0 spiro atoms. The van der Waals surface area contributed by atoms with Crippen molar-refractivity contribution in [2.45, 2.75) is 6.42 Å². The molecule has 0 aliphatic heterocycles. The number of hydrogen-bond acceptors (Lipinski definition) is 5. The van der Waals surface area contributed by atoms with Crippen molar-refractivity contribution in [2.24, 2.45) is 4.99 Å². The normalized spacial score (nSPS) is 10.7. The Morgan fingerprint density at radius 1 is 0.966 bits per heavy atom. The zero-order valence-corrected chi connectivity index (χ0v) is 15.7. The molecule has 0 saturated heterocycles. The van der Waals surface area contributed by atoms with Crippen LogP contribution in [0.1, 0.15) is 21.5 Å². The molecule has 3 aromatic carbocycles. The molecule has 6 heteroatoms. The number of carboxylic acid groups (broad SMARTS) is 1. The summed E-state index contributed by atoms with van der Waals surface area (Å²) in [7, 11) is 1.48. The summed E-state index contributed by atoms with van der Waals surface area (Å²) in [5.74, 6) is -0.763. The van der Waals surface area contributed by atoms with Crippen LogP contribution < -0.4 is 9.47 Å². The first-order valence-corrected chi connectivity index (χ1v) is 8.86. The van der Waals surface area contributed by atoms with Gasteiger partial charge in [-0.05, 0) is 41.5 Å². The zero-order chi connectivity index (χ0) is 20.6. The average Bonchev–Trinajstić information content (AvgIpc) is 2.73. The van der Waals surface area contributed by atoms with Gasteiger partial charge in [0.1, 0.15) is 0 Å². The van der Waals surface area contributed by atoms with Crippen molar-refractivity contribution >= 4 is 23.8 Å². The molecule has 146 valence electrons. The highest BCUT2D eigenvalue weighted by molar-refractivity contribution is 5.95. The maximum absolute atomic E-state index is 12.2. The first kappa shape index (κ1) is 19.8. The molecule has 0 amide bonds. The molecule has 0 bridgehead atoms. The number of aromatic carboxylic acids is 1. The molecule has 1 N–H and O–H groups in total. The van der Waals surface area contributed by atoms with E-state index in [1.807, 2.05) is 30.3 Å². The molecule has 3 rings (SSSR count). The molecule has 0 aliphatic rings. The van der Waals surface area contributed by atoms with Gasteiger partial charge in [-0.1, -0.05) is 42.5 Å². The van der Waals surface area contributed by atoms with Crippen LogP contribution in [0, 0.1) is 0 Å². The van der Waals surface area contributed by atoms with Crippen LogP contribution in [0.4, 0.5) is 5.69 Å². The minimum absolute atomic E-state index is 0.113. The Morgan fingerprint density at radius 3 is 2.41 bits per heavy atom. The molecule has 0 unspecified atom stereocenters. The number of esters is 1. The number of nitrogens with zero attached hydrogens (tertiary/aromatic N) is 1. The monoisotopic (exact) mass is 389 g/mol. The number of methoxy groups -OCH3 is 1. The number of aliphatic imine (C=N–C) groups is 1. The molecular weight excluding hydrogens is 370 g/mol. The fourth-order valence-electron chi connectivity index (χ4n) is 2.68. The summed E-state index contributed by atoms with van der Waals surface area (Å²) >= 11 is 0. The Bertz CT molecular complexity index is 1040. The lowest BCUT2D eigenvalue weighted by atomic mass is 10.1. The number of ether oxygens (including phenoxy) is 2. The highest BCUT2D eigenvalue weighted by Crippen LogP contribution is 2.28. The summed E-state index contributed by atoms with van der Waals surface area (Å²) in [6.45, 7) is 0. The third-order valence-electron chi connectivity index (χ3n) is 4.09. The van der Waals surface area contributed by atoms with Crippen LogP contribution in [-0.2, 0) is 11.2 Å². The number of carbonyl (C=O) groups is 2. The summed E-state index contributed by atoms with van der Waals surface area (Å²) in [5, 5.41) is 9.23. The molecule has 0 saturated carbocycles. The van der Waals surface area contributed by atoms with Crippen molar-refractivity contribution in [3.63, 3.8) is 0 Å². The molecule has 0 heterocycles. The lowest BCUT2D eigenvalue weighted by molar-refractivity contribution is -0.133. The number of para-hydroxylation sites is 1. The zero-order valence-electron chi connectivity index (χ0n) is 15.7. The summed E-state index contributed by atoms with van der Waals surface area (Å²) in [6, 6.07) is 20.8.